The van der Waals surface area contributed by atoms with E-state index in [-0.39, 0.29) is 11.9 Å². The maximum atomic E-state index is 12.2. The molecule has 1 amide bonds. The minimum Gasteiger partial charge on any atom is -0.369 e. The zero-order valence-corrected chi connectivity index (χ0v) is 11.3. The van der Waals surface area contributed by atoms with Gasteiger partial charge in [-0.2, -0.15) is 0 Å². The molecule has 0 aromatic carbocycles. The molecule has 2 atom stereocenters. The zero-order valence-electron chi connectivity index (χ0n) is 10.5. The minimum atomic E-state index is -0.829. The van der Waals surface area contributed by atoms with Crippen LogP contribution in [-0.4, -0.2) is 44.9 Å². The van der Waals surface area contributed by atoms with Crippen LogP contribution in [-0.2, 0) is 15.1 Å². The Morgan fingerprint density at radius 3 is 2.83 bits per heavy atom. The highest BCUT2D eigenvalue weighted by molar-refractivity contribution is 7.11. The molecule has 94 valence electrons. The van der Waals surface area contributed by atoms with Crippen molar-refractivity contribution in [3.8, 4) is 0 Å². The number of carbonyl (C=O) groups is 1. The maximum absolute atomic E-state index is 12.2. The fraction of sp³-hybridized carbons (Fsp3) is 0.455. The van der Waals surface area contributed by atoms with Gasteiger partial charge in [0.1, 0.15) is 13.4 Å². The van der Waals surface area contributed by atoms with Crippen molar-refractivity contribution in [3.05, 3.63) is 16.3 Å². The molecule has 2 rings (SSSR count). The molecule has 0 saturated heterocycles. The highest BCUT2D eigenvalue weighted by Crippen LogP contribution is 2.36. The first-order valence-electron chi connectivity index (χ1n) is 5.40. The third-order valence-electron chi connectivity index (χ3n) is 3.11. The summed E-state index contributed by atoms with van der Waals surface area (Å²) in [5.74, 6) is -0.0257. The van der Waals surface area contributed by atoms with Crippen LogP contribution in [0.3, 0.4) is 0 Å². The summed E-state index contributed by atoms with van der Waals surface area (Å²) in [4.78, 5) is 18.7. The maximum Gasteiger partial charge on any atom is 0.261 e. The van der Waals surface area contributed by atoms with Gasteiger partial charge >= 0.3 is 0 Å². The second-order valence-electron chi connectivity index (χ2n) is 4.37. The lowest BCUT2D eigenvalue weighted by molar-refractivity contribution is -0.142. The minimum absolute atomic E-state index is 0.183. The molecule has 1 aliphatic rings. The SMILES string of the molecule is [B]c1csc([C@@]2(C)N=C(N)N(C)C(=O)C2OC)c1. The number of carbonyl (C=O) groups excluding carboxylic acids is 1. The van der Waals surface area contributed by atoms with Crippen LogP contribution in [0.4, 0.5) is 0 Å². The summed E-state index contributed by atoms with van der Waals surface area (Å²) in [6, 6.07) is 1.80. The van der Waals surface area contributed by atoms with Crippen LogP contribution >= 0.6 is 11.3 Å². The molecule has 2 radical (unpaired) electrons. The van der Waals surface area contributed by atoms with Crippen molar-refractivity contribution in [1.29, 1.82) is 0 Å². The lowest BCUT2D eigenvalue weighted by Gasteiger charge is -2.38. The van der Waals surface area contributed by atoms with Gasteiger partial charge in [-0.3, -0.25) is 9.69 Å². The first kappa shape index (κ1) is 13.1. The topological polar surface area (TPSA) is 67.9 Å². The molecule has 1 unspecified atom stereocenters. The molecule has 7 heteroatoms. The smallest absolute Gasteiger partial charge is 0.261 e. The first-order chi connectivity index (χ1) is 8.40. The van der Waals surface area contributed by atoms with Crippen molar-refractivity contribution in [3.63, 3.8) is 0 Å². The van der Waals surface area contributed by atoms with Crippen LogP contribution in [0.2, 0.25) is 0 Å². The van der Waals surface area contributed by atoms with E-state index in [2.05, 4.69) is 4.99 Å². The number of methoxy groups -OCH3 is 1. The van der Waals surface area contributed by atoms with E-state index in [1.54, 1.807) is 13.1 Å². The zero-order chi connectivity index (χ0) is 13.5. The van der Waals surface area contributed by atoms with Gasteiger partial charge in [-0.25, -0.2) is 4.99 Å². The van der Waals surface area contributed by atoms with Gasteiger partial charge < -0.3 is 10.5 Å². The Hall–Kier alpha value is -1.34. The number of nitrogens with two attached hydrogens (primary N) is 1. The summed E-state index contributed by atoms with van der Waals surface area (Å²) in [5, 5.41) is 1.81. The quantitative estimate of drug-likeness (QED) is 0.735. The van der Waals surface area contributed by atoms with E-state index in [0.29, 0.717) is 5.46 Å². The lowest BCUT2D eigenvalue weighted by atomic mass is 9.88. The van der Waals surface area contributed by atoms with Gasteiger partial charge in [0.05, 0.1) is 0 Å². The average Bonchev–Trinajstić information content (AvgIpc) is 2.74. The molecule has 0 bridgehead atoms. The van der Waals surface area contributed by atoms with Crippen molar-refractivity contribution in [2.45, 2.75) is 18.6 Å². The number of rotatable bonds is 2. The standard InChI is InChI=1S/C11H14BN3O2S/c1-11(7-4-6(12)5-18-7)8(17-3)9(16)15(2)10(13)14-11/h4-5,8H,1-3H3,(H2,13,14)/t8?,11-/m1/s1. The predicted molar refractivity (Wildman–Crippen MR) is 72.2 cm³/mol. The van der Waals surface area contributed by atoms with Crippen molar-refractivity contribution in [1.82, 2.24) is 4.90 Å². The van der Waals surface area contributed by atoms with E-state index in [4.69, 9.17) is 18.3 Å². The number of likely N-dealkylation sites (N-methyl/N-ethyl adjacent to an activating group) is 1. The van der Waals surface area contributed by atoms with E-state index >= 15 is 0 Å². The van der Waals surface area contributed by atoms with Crippen LogP contribution in [0.1, 0.15) is 11.8 Å². The molecular weight excluding hydrogens is 249 g/mol. The number of nitrogens with zero attached hydrogens (tertiary/aromatic N) is 2. The van der Waals surface area contributed by atoms with Crippen LogP contribution < -0.4 is 11.2 Å². The van der Waals surface area contributed by atoms with Gasteiger partial charge in [0.2, 0.25) is 0 Å². The average molecular weight is 263 g/mol. The van der Waals surface area contributed by atoms with Gasteiger partial charge in [0.25, 0.3) is 5.91 Å². The number of hydrogen-bond donors (Lipinski definition) is 1. The Bertz CT molecular complexity index is 516. The molecule has 1 aromatic rings. The highest BCUT2D eigenvalue weighted by atomic mass is 32.1. The van der Waals surface area contributed by atoms with Crippen molar-refractivity contribution >= 4 is 36.5 Å². The number of ether oxygens (including phenoxy) is 1. The third kappa shape index (κ3) is 1.83. The molecule has 1 aromatic heterocycles. The van der Waals surface area contributed by atoms with Crippen LogP contribution in [0.15, 0.2) is 16.4 Å². The Kier molecular flexibility index (Phi) is 3.20. The first-order valence-corrected chi connectivity index (χ1v) is 6.28. The summed E-state index contributed by atoms with van der Waals surface area (Å²) in [5.41, 5.74) is 5.59. The summed E-state index contributed by atoms with van der Waals surface area (Å²) in [6.07, 6.45) is -0.701. The fourth-order valence-corrected chi connectivity index (χ4v) is 2.96. The highest BCUT2D eigenvalue weighted by Gasteiger charge is 2.47. The van der Waals surface area contributed by atoms with Crippen LogP contribution in [0, 0.1) is 0 Å². The van der Waals surface area contributed by atoms with E-state index in [1.165, 1.54) is 23.3 Å². The molecule has 0 spiro atoms. The molecule has 1 aliphatic heterocycles. The lowest BCUT2D eigenvalue weighted by Crippen LogP contribution is -2.57. The molecule has 0 aliphatic carbocycles. The largest absolute Gasteiger partial charge is 0.369 e. The molecule has 2 N–H and O–H groups in total. The second kappa shape index (κ2) is 4.40. The Morgan fingerprint density at radius 1 is 1.67 bits per heavy atom. The van der Waals surface area contributed by atoms with E-state index < -0.39 is 11.6 Å². The van der Waals surface area contributed by atoms with Crippen LogP contribution in [0.25, 0.3) is 0 Å². The van der Waals surface area contributed by atoms with Crippen molar-refractivity contribution < 1.29 is 9.53 Å². The summed E-state index contributed by atoms with van der Waals surface area (Å²) >= 11 is 1.44. The van der Waals surface area contributed by atoms with Gasteiger partial charge in [0, 0.05) is 19.0 Å². The van der Waals surface area contributed by atoms with Crippen molar-refractivity contribution in [2.24, 2.45) is 10.7 Å². The van der Waals surface area contributed by atoms with Crippen molar-refractivity contribution in [2.75, 3.05) is 14.2 Å². The van der Waals surface area contributed by atoms with Crippen LogP contribution in [0.5, 0.6) is 0 Å². The number of guanidine groups is 1. The van der Waals surface area contributed by atoms with E-state index in [1.807, 2.05) is 12.3 Å². The van der Waals surface area contributed by atoms with E-state index in [0.717, 1.165) is 4.88 Å². The summed E-state index contributed by atoms with van der Waals surface area (Å²) in [7, 11) is 8.79. The predicted octanol–water partition coefficient (Wildman–Crippen LogP) is -0.441. The number of aliphatic imine (C=N–C) groups is 1. The normalized spacial score (nSPS) is 28.4. The fourth-order valence-electron chi connectivity index (χ4n) is 2.03. The Labute approximate surface area is 111 Å². The number of hydrogen-bond acceptors (Lipinski definition) is 5. The number of thiophene rings is 1. The molecule has 5 nitrogen and oxygen atoms in total. The summed E-state index contributed by atoms with van der Waals surface area (Å²) in [6.45, 7) is 1.82. The van der Waals surface area contributed by atoms with Gasteiger partial charge in [-0.1, -0.05) is 11.5 Å². The molecular formula is C11H14BN3O2S. The Balaban J connectivity index is 2.55. The third-order valence-corrected chi connectivity index (χ3v) is 4.29. The van der Waals surface area contributed by atoms with Gasteiger partial charge in [-0.15, -0.1) is 11.3 Å². The molecule has 0 saturated carbocycles. The summed E-state index contributed by atoms with van der Waals surface area (Å²) < 4.78 is 5.31. The van der Waals surface area contributed by atoms with Gasteiger partial charge in [0.15, 0.2) is 12.1 Å². The molecule has 18 heavy (non-hydrogen) atoms. The monoisotopic (exact) mass is 263 g/mol. The number of amides is 1. The second-order valence-corrected chi connectivity index (χ2v) is 5.29. The van der Waals surface area contributed by atoms with E-state index in [9.17, 15) is 4.79 Å². The van der Waals surface area contributed by atoms with Gasteiger partial charge in [-0.05, 0) is 12.3 Å². The molecule has 2 heterocycles. The molecule has 0 fully saturated rings. The Morgan fingerprint density at radius 2 is 2.33 bits per heavy atom.